The Morgan fingerprint density at radius 1 is 0.826 bits per heavy atom. The minimum atomic E-state index is 0.133. The summed E-state index contributed by atoms with van der Waals surface area (Å²) < 4.78 is 0. The third-order valence-corrected chi connectivity index (χ3v) is 4.72. The molecule has 0 saturated carbocycles. The molecule has 0 bridgehead atoms. The molecule has 0 unspecified atom stereocenters. The van der Waals surface area contributed by atoms with Gasteiger partial charge in [0, 0.05) is 58.3 Å². The Labute approximate surface area is 143 Å². The smallest absolute Gasteiger partial charge is 0.225 e. The summed E-state index contributed by atoms with van der Waals surface area (Å²) >= 11 is 0. The summed E-state index contributed by atoms with van der Waals surface area (Å²) in [6.45, 7) is 19.1. The van der Waals surface area contributed by atoms with E-state index in [1.807, 2.05) is 32.6 Å². The largest absolute Gasteiger partial charge is 0.340 e. The fourth-order valence-electron chi connectivity index (χ4n) is 3.15. The van der Waals surface area contributed by atoms with E-state index in [1.54, 1.807) is 0 Å². The highest BCUT2D eigenvalue weighted by Gasteiger charge is 2.22. The zero-order valence-electron chi connectivity index (χ0n) is 16.1. The van der Waals surface area contributed by atoms with Gasteiger partial charge >= 0.3 is 0 Å². The normalized spacial score (nSPS) is 21.2. The number of carbonyl (C=O) groups excluding carboxylic acids is 1. The van der Waals surface area contributed by atoms with E-state index >= 15 is 0 Å². The van der Waals surface area contributed by atoms with Crippen LogP contribution in [0.5, 0.6) is 0 Å². The van der Waals surface area contributed by atoms with Crippen molar-refractivity contribution in [3.8, 4) is 0 Å². The average Bonchev–Trinajstić information content (AvgIpc) is 2.58. The first-order chi connectivity index (χ1) is 11.1. The van der Waals surface area contributed by atoms with Crippen LogP contribution in [0.15, 0.2) is 0 Å². The van der Waals surface area contributed by atoms with Gasteiger partial charge in [0.15, 0.2) is 0 Å². The van der Waals surface area contributed by atoms with Crippen LogP contribution in [-0.4, -0.2) is 98.0 Å². The van der Waals surface area contributed by atoms with Gasteiger partial charge < -0.3 is 14.7 Å². The lowest BCUT2D eigenvalue weighted by Crippen LogP contribution is -2.50. The third-order valence-electron chi connectivity index (χ3n) is 4.72. The second-order valence-corrected chi connectivity index (χ2v) is 6.82. The Bertz CT molecular complexity index is 319. The number of hydrogen-bond donors (Lipinski definition) is 0. The van der Waals surface area contributed by atoms with E-state index in [4.69, 9.17) is 0 Å². The number of hydrogen-bond acceptors (Lipinski definition) is 4. The number of rotatable bonds is 5. The van der Waals surface area contributed by atoms with Crippen molar-refractivity contribution in [2.45, 2.75) is 34.1 Å². The number of piperazine rings is 2. The highest BCUT2D eigenvalue weighted by molar-refractivity contribution is 5.78. The Morgan fingerprint density at radius 3 is 1.70 bits per heavy atom. The third kappa shape index (κ3) is 7.19. The maximum Gasteiger partial charge on any atom is 0.225 e. The summed E-state index contributed by atoms with van der Waals surface area (Å²) in [5.41, 5.74) is 0. The first-order valence-corrected chi connectivity index (χ1v) is 9.48. The van der Waals surface area contributed by atoms with Gasteiger partial charge in [-0.05, 0) is 26.6 Å². The summed E-state index contributed by atoms with van der Waals surface area (Å²) in [4.78, 5) is 21.5. The maximum atomic E-state index is 11.9. The van der Waals surface area contributed by atoms with E-state index in [0.717, 1.165) is 26.2 Å². The molecule has 0 radical (unpaired) electrons. The van der Waals surface area contributed by atoms with Crippen LogP contribution in [0.1, 0.15) is 34.1 Å². The van der Waals surface area contributed by atoms with Crippen LogP contribution in [-0.2, 0) is 4.79 Å². The molecule has 0 aliphatic carbocycles. The predicted molar refractivity (Wildman–Crippen MR) is 97.8 cm³/mol. The molecule has 2 rings (SSSR count). The van der Waals surface area contributed by atoms with E-state index in [2.05, 4.69) is 21.7 Å². The van der Waals surface area contributed by atoms with Gasteiger partial charge in [0.05, 0.1) is 0 Å². The van der Waals surface area contributed by atoms with E-state index in [0.29, 0.717) is 5.91 Å². The van der Waals surface area contributed by atoms with Crippen LogP contribution in [0.25, 0.3) is 0 Å². The van der Waals surface area contributed by atoms with Gasteiger partial charge in [-0.1, -0.05) is 27.7 Å². The fraction of sp³-hybridized carbons (Fsp3) is 0.944. The molecule has 0 aromatic carbocycles. The van der Waals surface area contributed by atoms with Crippen molar-refractivity contribution in [2.24, 2.45) is 5.92 Å². The minimum Gasteiger partial charge on any atom is -0.340 e. The minimum absolute atomic E-state index is 0.133. The molecular formula is C18H38N4O. The molecule has 136 valence electrons. The second-order valence-electron chi connectivity index (χ2n) is 6.82. The number of carbonyl (C=O) groups is 1. The molecule has 2 saturated heterocycles. The lowest BCUT2D eigenvalue weighted by molar-refractivity contribution is -0.136. The van der Waals surface area contributed by atoms with E-state index in [9.17, 15) is 4.79 Å². The van der Waals surface area contributed by atoms with Gasteiger partial charge in [0.25, 0.3) is 0 Å². The second kappa shape index (κ2) is 11.0. The zero-order chi connectivity index (χ0) is 17.2. The number of nitrogens with zero attached hydrogens (tertiary/aromatic N) is 4. The standard InChI is InChI=1S/C16H32N4O.C2H6/c1-15(2)16(21)20-13-11-19(12-14-20)6-4-5-18-9-7-17(3)8-10-18;1-2/h15H,4-14H2,1-3H3;1-2H3. The maximum absolute atomic E-state index is 11.9. The van der Waals surface area contributed by atoms with Crippen molar-refractivity contribution < 1.29 is 4.79 Å². The van der Waals surface area contributed by atoms with Crippen LogP contribution < -0.4 is 0 Å². The average molecular weight is 327 g/mol. The van der Waals surface area contributed by atoms with Crippen molar-refractivity contribution in [2.75, 3.05) is 72.5 Å². The van der Waals surface area contributed by atoms with Crippen molar-refractivity contribution in [1.82, 2.24) is 19.6 Å². The molecule has 2 fully saturated rings. The van der Waals surface area contributed by atoms with Crippen LogP contribution >= 0.6 is 0 Å². The SMILES string of the molecule is CC.CC(C)C(=O)N1CCN(CCCN2CCN(C)CC2)CC1. The van der Waals surface area contributed by atoms with Crippen LogP contribution in [0.4, 0.5) is 0 Å². The van der Waals surface area contributed by atoms with Gasteiger partial charge in [-0.3, -0.25) is 9.69 Å². The number of likely N-dealkylation sites (N-methyl/N-ethyl adjacent to an activating group) is 1. The van der Waals surface area contributed by atoms with Crippen LogP contribution in [0.2, 0.25) is 0 Å². The van der Waals surface area contributed by atoms with E-state index in [-0.39, 0.29) is 5.92 Å². The first kappa shape index (κ1) is 20.4. The zero-order valence-corrected chi connectivity index (χ0v) is 16.1. The predicted octanol–water partition coefficient (Wildman–Crippen LogP) is 1.45. The van der Waals surface area contributed by atoms with Crippen molar-refractivity contribution in [3.05, 3.63) is 0 Å². The molecule has 2 aliphatic rings. The molecule has 2 heterocycles. The summed E-state index contributed by atoms with van der Waals surface area (Å²) in [6.07, 6.45) is 1.25. The summed E-state index contributed by atoms with van der Waals surface area (Å²) in [5, 5.41) is 0. The van der Waals surface area contributed by atoms with Gasteiger partial charge in [-0.2, -0.15) is 0 Å². The van der Waals surface area contributed by atoms with E-state index < -0.39 is 0 Å². The molecule has 0 spiro atoms. The van der Waals surface area contributed by atoms with Crippen molar-refractivity contribution >= 4 is 5.91 Å². The monoisotopic (exact) mass is 326 g/mol. The summed E-state index contributed by atoms with van der Waals surface area (Å²) in [5.74, 6) is 0.445. The summed E-state index contributed by atoms with van der Waals surface area (Å²) in [6, 6.07) is 0. The van der Waals surface area contributed by atoms with Crippen LogP contribution in [0, 0.1) is 5.92 Å². The van der Waals surface area contributed by atoms with E-state index in [1.165, 1.54) is 45.7 Å². The van der Waals surface area contributed by atoms with Crippen molar-refractivity contribution in [1.29, 1.82) is 0 Å². The molecule has 23 heavy (non-hydrogen) atoms. The fourth-order valence-corrected chi connectivity index (χ4v) is 3.15. The lowest BCUT2D eigenvalue weighted by atomic mass is 10.1. The first-order valence-electron chi connectivity index (χ1n) is 9.48. The molecule has 5 nitrogen and oxygen atoms in total. The molecule has 0 atom stereocenters. The molecule has 1 amide bonds. The van der Waals surface area contributed by atoms with Gasteiger partial charge in [-0.15, -0.1) is 0 Å². The topological polar surface area (TPSA) is 30.0 Å². The molecule has 2 aliphatic heterocycles. The molecule has 5 heteroatoms. The quantitative estimate of drug-likeness (QED) is 0.765. The van der Waals surface area contributed by atoms with Gasteiger partial charge in [-0.25, -0.2) is 0 Å². The molecule has 0 N–H and O–H groups in total. The Morgan fingerprint density at radius 2 is 1.26 bits per heavy atom. The molecule has 0 aromatic rings. The Hall–Kier alpha value is -0.650. The highest BCUT2D eigenvalue weighted by atomic mass is 16.2. The summed E-state index contributed by atoms with van der Waals surface area (Å²) in [7, 11) is 2.20. The Kier molecular flexibility index (Phi) is 9.75. The Balaban J connectivity index is 0.00000127. The number of amides is 1. The molecular weight excluding hydrogens is 288 g/mol. The molecule has 0 aromatic heterocycles. The highest BCUT2D eigenvalue weighted by Crippen LogP contribution is 2.08. The lowest BCUT2D eigenvalue weighted by Gasteiger charge is -2.36. The van der Waals surface area contributed by atoms with Crippen molar-refractivity contribution in [3.63, 3.8) is 0 Å². The van der Waals surface area contributed by atoms with Gasteiger partial charge in [0.2, 0.25) is 5.91 Å². The van der Waals surface area contributed by atoms with Crippen LogP contribution in [0.3, 0.4) is 0 Å². The van der Waals surface area contributed by atoms with Gasteiger partial charge in [0.1, 0.15) is 0 Å².